The Morgan fingerprint density at radius 1 is 1.00 bits per heavy atom. The van der Waals surface area contributed by atoms with Crippen LogP contribution in [-0.2, 0) is 18.7 Å². The lowest BCUT2D eigenvalue weighted by atomic mass is 9.44. The fourth-order valence-corrected chi connectivity index (χ4v) is 10.0. The first-order chi connectivity index (χ1) is 14.8. The zero-order chi connectivity index (χ0) is 23.2. The highest BCUT2D eigenvalue weighted by molar-refractivity contribution is 6.74. The highest BCUT2D eigenvalue weighted by Gasteiger charge is 2.69. The summed E-state index contributed by atoms with van der Waals surface area (Å²) in [5.74, 6) is 1.92. The second-order valence-electron chi connectivity index (χ2n) is 13.9. The van der Waals surface area contributed by atoms with E-state index in [-0.39, 0.29) is 21.8 Å². The average Bonchev–Trinajstić information content (AvgIpc) is 3.27. The van der Waals surface area contributed by atoms with Crippen molar-refractivity contribution in [3.8, 4) is 0 Å². The molecule has 4 unspecified atom stereocenters. The standard InChI is InChI=1S/C27H46O4Si/c1-24(2,3)32(6,7)31-19-10-12-25(4)18(16-19)8-9-20-21-11-13-27(29-14-15-30-27)26(21,5)17-22(28)23(20)25/h18-21,23H,8-17H2,1-7H3/t18-,19?,20?,21?,23?,25+,26+/m1/s1. The molecule has 7 atom stereocenters. The molecule has 4 nitrogen and oxygen atoms in total. The molecule has 1 saturated heterocycles. The third-order valence-electron chi connectivity index (χ3n) is 11.4. The normalized spacial score (nSPS) is 46.1. The Morgan fingerprint density at radius 2 is 1.69 bits per heavy atom. The molecule has 0 bridgehead atoms. The van der Waals surface area contributed by atoms with E-state index >= 15 is 0 Å². The van der Waals surface area contributed by atoms with E-state index in [2.05, 4.69) is 47.7 Å². The van der Waals surface area contributed by atoms with Crippen molar-refractivity contribution >= 4 is 14.1 Å². The van der Waals surface area contributed by atoms with Gasteiger partial charge >= 0.3 is 0 Å². The zero-order valence-electron chi connectivity index (χ0n) is 21.6. The van der Waals surface area contributed by atoms with E-state index < -0.39 is 14.1 Å². The van der Waals surface area contributed by atoms with Gasteiger partial charge < -0.3 is 13.9 Å². The molecule has 0 aromatic carbocycles. The number of carbonyl (C=O) groups excluding carboxylic acids is 1. The monoisotopic (exact) mass is 462 g/mol. The maximum absolute atomic E-state index is 13.9. The molecule has 1 heterocycles. The fraction of sp³-hybridized carbons (Fsp3) is 0.963. The Kier molecular flexibility index (Phi) is 5.42. The number of hydrogen-bond donors (Lipinski definition) is 0. The molecule has 5 heteroatoms. The Hall–Kier alpha value is -0.233. The molecular formula is C27H46O4Si. The van der Waals surface area contributed by atoms with Gasteiger partial charge in [0.2, 0.25) is 0 Å². The number of ketones is 1. The fourth-order valence-electron chi connectivity index (χ4n) is 8.61. The Morgan fingerprint density at radius 3 is 2.34 bits per heavy atom. The van der Waals surface area contributed by atoms with Gasteiger partial charge in [-0.15, -0.1) is 0 Å². The van der Waals surface area contributed by atoms with Crippen molar-refractivity contribution in [1.82, 2.24) is 0 Å². The van der Waals surface area contributed by atoms with E-state index in [9.17, 15) is 4.79 Å². The first-order valence-corrected chi connectivity index (χ1v) is 16.2. The summed E-state index contributed by atoms with van der Waals surface area (Å²) in [7, 11) is -1.76. The van der Waals surface area contributed by atoms with Gasteiger partial charge in [-0.2, -0.15) is 0 Å². The van der Waals surface area contributed by atoms with Gasteiger partial charge in [0.15, 0.2) is 14.1 Å². The molecule has 182 valence electrons. The van der Waals surface area contributed by atoms with E-state index in [1.54, 1.807) is 0 Å². The van der Waals surface area contributed by atoms with Crippen molar-refractivity contribution in [2.45, 2.75) is 116 Å². The lowest BCUT2D eigenvalue weighted by Crippen LogP contribution is -2.60. The van der Waals surface area contributed by atoms with Crippen LogP contribution in [0.5, 0.6) is 0 Å². The minimum atomic E-state index is -1.76. The lowest BCUT2D eigenvalue weighted by Gasteiger charge is -2.60. The largest absolute Gasteiger partial charge is 0.414 e. The van der Waals surface area contributed by atoms with Crippen LogP contribution in [0, 0.1) is 34.5 Å². The SMILES string of the molecule is CC(C)(C)[Si](C)(C)OC1CC[C@]2(C)C3C(=O)C[C@@]4(C)C(CCC45OCCO5)C3CC[C@@H]2C1. The summed E-state index contributed by atoms with van der Waals surface area (Å²) in [6, 6.07) is 0. The van der Waals surface area contributed by atoms with Crippen LogP contribution in [0.4, 0.5) is 0 Å². The Labute approximate surface area is 196 Å². The molecule has 4 aliphatic carbocycles. The average molecular weight is 463 g/mol. The second-order valence-corrected chi connectivity index (χ2v) is 18.6. The number of fused-ring (bicyclic) bond motifs is 6. The van der Waals surface area contributed by atoms with Crippen LogP contribution in [0.1, 0.15) is 86.0 Å². The van der Waals surface area contributed by atoms with Gasteiger partial charge in [0, 0.05) is 30.3 Å². The van der Waals surface area contributed by atoms with Crippen molar-refractivity contribution < 1.29 is 18.7 Å². The van der Waals surface area contributed by atoms with Crippen LogP contribution >= 0.6 is 0 Å². The molecule has 0 radical (unpaired) electrons. The molecule has 0 amide bonds. The van der Waals surface area contributed by atoms with Crippen LogP contribution in [0.3, 0.4) is 0 Å². The molecule has 5 fully saturated rings. The molecule has 0 aromatic heterocycles. The van der Waals surface area contributed by atoms with Crippen LogP contribution in [-0.4, -0.2) is 39.2 Å². The molecule has 0 N–H and O–H groups in total. The molecule has 0 aromatic rings. The van der Waals surface area contributed by atoms with Crippen molar-refractivity contribution in [1.29, 1.82) is 0 Å². The predicted molar refractivity (Wildman–Crippen MR) is 129 cm³/mol. The van der Waals surface area contributed by atoms with Gasteiger partial charge in [-0.1, -0.05) is 34.6 Å². The van der Waals surface area contributed by atoms with Crippen molar-refractivity contribution in [3.63, 3.8) is 0 Å². The highest BCUT2D eigenvalue weighted by Crippen LogP contribution is 2.68. The lowest BCUT2D eigenvalue weighted by molar-refractivity contribution is -0.242. The van der Waals surface area contributed by atoms with Gasteiger partial charge in [-0.3, -0.25) is 4.79 Å². The molecule has 32 heavy (non-hydrogen) atoms. The summed E-state index contributed by atoms with van der Waals surface area (Å²) in [5.41, 5.74) is -0.00461. The van der Waals surface area contributed by atoms with Crippen LogP contribution in [0.15, 0.2) is 0 Å². The number of rotatable bonds is 2. The van der Waals surface area contributed by atoms with E-state index in [1.165, 1.54) is 12.8 Å². The second kappa shape index (κ2) is 7.38. The topological polar surface area (TPSA) is 44.8 Å². The van der Waals surface area contributed by atoms with Crippen molar-refractivity contribution in [2.24, 2.45) is 34.5 Å². The summed E-state index contributed by atoms with van der Waals surface area (Å²) < 4.78 is 19.3. The van der Waals surface area contributed by atoms with Gasteiger partial charge in [-0.05, 0) is 79.8 Å². The summed E-state index contributed by atoms with van der Waals surface area (Å²) in [6.07, 6.45) is 9.01. The summed E-state index contributed by atoms with van der Waals surface area (Å²) >= 11 is 0. The van der Waals surface area contributed by atoms with Gasteiger partial charge in [0.1, 0.15) is 5.78 Å². The smallest absolute Gasteiger partial charge is 0.192 e. The molecule has 1 spiro atoms. The van der Waals surface area contributed by atoms with Crippen molar-refractivity contribution in [3.05, 3.63) is 0 Å². The minimum Gasteiger partial charge on any atom is -0.414 e. The number of carbonyl (C=O) groups is 1. The highest BCUT2D eigenvalue weighted by atomic mass is 28.4. The number of Topliss-reactive ketones (excluding diaryl/α,β-unsaturated/α-hetero) is 1. The first kappa shape index (κ1) is 23.5. The van der Waals surface area contributed by atoms with Crippen LogP contribution in [0.25, 0.3) is 0 Å². The molecule has 5 rings (SSSR count). The van der Waals surface area contributed by atoms with Crippen LogP contribution in [0.2, 0.25) is 18.1 Å². The number of hydrogen-bond acceptors (Lipinski definition) is 4. The Balaban J connectivity index is 1.36. The van der Waals surface area contributed by atoms with Gasteiger partial charge in [0.25, 0.3) is 0 Å². The van der Waals surface area contributed by atoms with E-state index in [0.717, 1.165) is 32.1 Å². The molecule has 5 aliphatic rings. The molecule has 1 aliphatic heterocycles. The van der Waals surface area contributed by atoms with Gasteiger partial charge in [-0.25, -0.2) is 0 Å². The summed E-state index contributed by atoms with van der Waals surface area (Å²) in [5, 5.41) is 0.248. The van der Waals surface area contributed by atoms with Crippen LogP contribution < -0.4 is 0 Å². The summed E-state index contributed by atoms with van der Waals surface area (Å²) in [4.78, 5) is 13.9. The van der Waals surface area contributed by atoms with E-state index in [1.807, 2.05) is 0 Å². The maximum atomic E-state index is 13.9. The third kappa shape index (κ3) is 3.20. The Bertz CT molecular complexity index is 766. The third-order valence-corrected chi connectivity index (χ3v) is 15.9. The first-order valence-electron chi connectivity index (χ1n) is 13.3. The number of ether oxygens (including phenoxy) is 2. The summed E-state index contributed by atoms with van der Waals surface area (Å²) in [6.45, 7) is 17.9. The zero-order valence-corrected chi connectivity index (χ0v) is 22.6. The van der Waals surface area contributed by atoms with E-state index in [4.69, 9.17) is 13.9 Å². The van der Waals surface area contributed by atoms with E-state index in [0.29, 0.717) is 49.3 Å². The predicted octanol–water partition coefficient (Wildman–Crippen LogP) is 6.34. The quantitative estimate of drug-likeness (QED) is 0.449. The molecule has 4 saturated carbocycles. The van der Waals surface area contributed by atoms with Gasteiger partial charge in [0.05, 0.1) is 13.2 Å². The van der Waals surface area contributed by atoms with Crippen molar-refractivity contribution in [2.75, 3.05) is 13.2 Å². The minimum absolute atomic E-state index is 0.141. The maximum Gasteiger partial charge on any atom is 0.192 e. The molecular weight excluding hydrogens is 416 g/mol.